The largest absolute Gasteiger partial charge is 0.379 e. The van der Waals surface area contributed by atoms with E-state index in [1.165, 1.54) is 5.56 Å². The van der Waals surface area contributed by atoms with Crippen molar-refractivity contribution in [1.29, 1.82) is 0 Å². The van der Waals surface area contributed by atoms with Gasteiger partial charge in [0.1, 0.15) is 5.60 Å². The first-order valence-corrected chi connectivity index (χ1v) is 7.72. The molecule has 0 amide bonds. The Hall–Kier alpha value is -1.60. The van der Waals surface area contributed by atoms with Crippen LogP contribution in [-0.4, -0.2) is 5.11 Å². The molecule has 0 saturated heterocycles. The second-order valence-corrected chi connectivity index (χ2v) is 5.93. The molecule has 1 heterocycles. The van der Waals surface area contributed by atoms with E-state index in [9.17, 15) is 5.11 Å². The molecule has 1 unspecified atom stereocenters. The molecule has 2 heteroatoms. The fraction of sp³-hybridized carbons (Fsp3) is 0.278. The lowest BCUT2D eigenvalue weighted by atomic mass is 9.87. The van der Waals surface area contributed by atoms with Crippen molar-refractivity contribution in [1.82, 2.24) is 0 Å². The molecule has 0 aliphatic heterocycles. The Morgan fingerprint density at radius 2 is 2.00 bits per heavy atom. The van der Waals surface area contributed by atoms with Gasteiger partial charge in [-0.05, 0) is 43.2 Å². The number of rotatable bonds is 6. The first kappa shape index (κ1) is 14.8. The van der Waals surface area contributed by atoms with E-state index < -0.39 is 5.60 Å². The summed E-state index contributed by atoms with van der Waals surface area (Å²) in [6.07, 6.45) is 2.59. The monoisotopic (exact) mass is 284 g/mol. The maximum Gasteiger partial charge on any atom is 0.127 e. The Labute approximate surface area is 124 Å². The van der Waals surface area contributed by atoms with E-state index in [4.69, 9.17) is 0 Å². The van der Waals surface area contributed by atoms with Crippen LogP contribution in [0.15, 0.2) is 65.7 Å². The van der Waals surface area contributed by atoms with Gasteiger partial charge in [-0.25, -0.2) is 0 Å². The van der Waals surface area contributed by atoms with Gasteiger partial charge in [-0.15, -0.1) is 17.1 Å². The van der Waals surface area contributed by atoms with Crippen LogP contribution in [0.4, 0.5) is 0 Å². The van der Waals surface area contributed by atoms with E-state index in [0.717, 1.165) is 23.3 Å². The summed E-state index contributed by atoms with van der Waals surface area (Å²) in [6, 6.07) is 14.3. The average Bonchev–Trinajstić information content (AvgIpc) is 3.02. The number of hydrogen-bond donors (Lipinski definition) is 1. The fourth-order valence-corrected chi connectivity index (χ4v) is 3.26. The first-order valence-electron chi connectivity index (χ1n) is 6.84. The van der Waals surface area contributed by atoms with Gasteiger partial charge in [-0.3, -0.25) is 0 Å². The molecule has 1 aromatic carbocycles. The smallest absolute Gasteiger partial charge is 0.127 e. The highest BCUT2D eigenvalue weighted by Gasteiger charge is 2.31. The minimum absolute atomic E-state index is 0.691. The summed E-state index contributed by atoms with van der Waals surface area (Å²) in [7, 11) is 0. The second-order valence-electron chi connectivity index (χ2n) is 4.98. The lowest BCUT2D eigenvalue weighted by Gasteiger charge is -2.27. The summed E-state index contributed by atoms with van der Waals surface area (Å²) in [5, 5.41) is 13.0. The van der Waals surface area contributed by atoms with Gasteiger partial charge in [0.2, 0.25) is 0 Å². The van der Waals surface area contributed by atoms with Gasteiger partial charge >= 0.3 is 0 Å². The highest BCUT2D eigenvalue weighted by molar-refractivity contribution is 7.10. The number of benzene rings is 1. The Morgan fingerprint density at radius 1 is 1.25 bits per heavy atom. The van der Waals surface area contributed by atoms with Crippen LogP contribution in [0.5, 0.6) is 0 Å². The summed E-state index contributed by atoms with van der Waals surface area (Å²) >= 11 is 1.58. The van der Waals surface area contributed by atoms with Crippen molar-refractivity contribution in [2.24, 2.45) is 0 Å². The number of aliphatic hydroxyl groups is 1. The molecule has 1 aromatic heterocycles. The first-order chi connectivity index (χ1) is 9.66. The van der Waals surface area contributed by atoms with Crippen LogP contribution in [0.25, 0.3) is 0 Å². The topological polar surface area (TPSA) is 20.2 Å². The third-order valence-electron chi connectivity index (χ3n) is 3.66. The van der Waals surface area contributed by atoms with Crippen LogP contribution >= 0.6 is 11.3 Å². The quantitative estimate of drug-likeness (QED) is 0.763. The lowest BCUT2D eigenvalue weighted by Crippen LogP contribution is -2.26. The standard InChI is InChI=1S/C18H20OS/c1-3-15(2)18(19,17-12-8-14-20-17)13-7-11-16-9-5-4-6-10-16/h4-6,8-10,12,14,19H,1,7,11,13H2,2H3. The highest BCUT2D eigenvalue weighted by atomic mass is 32.1. The zero-order valence-electron chi connectivity index (χ0n) is 11.8. The molecule has 0 radical (unpaired) electrons. The summed E-state index contributed by atoms with van der Waals surface area (Å²) in [5.41, 5.74) is 4.05. The van der Waals surface area contributed by atoms with Crippen LogP contribution in [0.2, 0.25) is 0 Å². The zero-order valence-corrected chi connectivity index (χ0v) is 12.6. The lowest BCUT2D eigenvalue weighted by molar-refractivity contribution is 0.0684. The van der Waals surface area contributed by atoms with Gasteiger partial charge < -0.3 is 5.11 Å². The molecule has 0 aliphatic rings. The van der Waals surface area contributed by atoms with Crippen molar-refractivity contribution in [2.75, 3.05) is 0 Å². The van der Waals surface area contributed by atoms with Gasteiger partial charge in [0.05, 0.1) is 0 Å². The molecular weight excluding hydrogens is 264 g/mol. The molecule has 0 bridgehead atoms. The van der Waals surface area contributed by atoms with E-state index in [-0.39, 0.29) is 0 Å². The molecule has 2 rings (SSSR count). The minimum Gasteiger partial charge on any atom is -0.379 e. The van der Waals surface area contributed by atoms with Crippen LogP contribution in [0.1, 0.15) is 30.2 Å². The predicted molar refractivity (Wildman–Crippen MR) is 85.9 cm³/mol. The Balaban J connectivity index is 2.08. The predicted octanol–water partition coefficient (Wildman–Crippen LogP) is 4.69. The molecule has 0 saturated carbocycles. The van der Waals surface area contributed by atoms with Crippen molar-refractivity contribution >= 4 is 11.3 Å². The highest BCUT2D eigenvalue weighted by Crippen LogP contribution is 2.36. The maximum absolute atomic E-state index is 11.0. The van der Waals surface area contributed by atoms with Gasteiger partial charge in [-0.1, -0.05) is 43.0 Å². The molecule has 1 atom stereocenters. The van der Waals surface area contributed by atoms with Crippen molar-refractivity contribution < 1.29 is 5.11 Å². The Kier molecular flexibility index (Phi) is 4.97. The van der Waals surface area contributed by atoms with Crippen molar-refractivity contribution in [3.05, 3.63) is 76.2 Å². The van der Waals surface area contributed by atoms with Gasteiger partial charge in [-0.2, -0.15) is 0 Å². The fourth-order valence-electron chi connectivity index (χ4n) is 2.35. The minimum atomic E-state index is -0.926. The SMILES string of the molecule is C=C=C(C)C(O)(CCCc1ccccc1)c1cccs1. The van der Waals surface area contributed by atoms with Gasteiger partial charge in [0.15, 0.2) is 0 Å². The number of aryl methyl sites for hydroxylation is 1. The molecule has 104 valence electrons. The average molecular weight is 284 g/mol. The maximum atomic E-state index is 11.0. The van der Waals surface area contributed by atoms with E-state index in [1.807, 2.05) is 30.5 Å². The van der Waals surface area contributed by atoms with E-state index >= 15 is 0 Å². The molecule has 2 aromatic rings. The summed E-state index contributed by atoms with van der Waals surface area (Å²) < 4.78 is 0. The van der Waals surface area contributed by atoms with Crippen molar-refractivity contribution in [3.63, 3.8) is 0 Å². The molecule has 0 fully saturated rings. The van der Waals surface area contributed by atoms with Crippen molar-refractivity contribution in [3.8, 4) is 0 Å². The molecule has 0 aliphatic carbocycles. The van der Waals surface area contributed by atoms with Crippen molar-refractivity contribution in [2.45, 2.75) is 31.8 Å². The number of hydrogen-bond acceptors (Lipinski definition) is 2. The van der Waals surface area contributed by atoms with Crippen LogP contribution < -0.4 is 0 Å². The van der Waals surface area contributed by atoms with E-state index in [2.05, 4.69) is 36.6 Å². The van der Waals surface area contributed by atoms with Gasteiger partial charge in [0, 0.05) is 10.5 Å². The molecular formula is C18H20OS. The molecule has 0 spiro atoms. The van der Waals surface area contributed by atoms with Crippen LogP contribution in [0.3, 0.4) is 0 Å². The Morgan fingerprint density at radius 3 is 2.60 bits per heavy atom. The van der Waals surface area contributed by atoms with Gasteiger partial charge in [0.25, 0.3) is 0 Å². The van der Waals surface area contributed by atoms with E-state index in [1.54, 1.807) is 11.3 Å². The summed E-state index contributed by atoms with van der Waals surface area (Å²) in [5.74, 6) is 0. The third-order valence-corrected chi connectivity index (χ3v) is 4.68. The zero-order chi connectivity index (χ0) is 14.4. The second kappa shape index (κ2) is 6.71. The third kappa shape index (κ3) is 3.29. The van der Waals surface area contributed by atoms with Crippen LogP contribution in [0, 0.1) is 0 Å². The molecule has 1 N–H and O–H groups in total. The normalized spacial score (nSPS) is 13.5. The van der Waals surface area contributed by atoms with E-state index in [0.29, 0.717) is 6.42 Å². The Bertz CT molecular complexity index is 579. The molecule has 1 nitrogen and oxygen atoms in total. The van der Waals surface area contributed by atoms with Crippen LogP contribution in [-0.2, 0) is 12.0 Å². The summed E-state index contributed by atoms with van der Waals surface area (Å²) in [4.78, 5) is 0.971. The molecule has 20 heavy (non-hydrogen) atoms. The summed E-state index contributed by atoms with van der Waals surface area (Å²) in [6.45, 7) is 5.58. The number of thiophene rings is 1.